The third-order valence-corrected chi connectivity index (χ3v) is 2.20. The van der Waals surface area contributed by atoms with Crippen LogP contribution in [-0.2, 0) is 6.42 Å². The average Bonchev–Trinajstić information content (AvgIpc) is 2.09. The number of hydrogen-bond donors (Lipinski definition) is 0. The quantitative estimate of drug-likeness (QED) is 0.735. The largest absolute Gasteiger partial charge is 0.207 e. The predicted molar refractivity (Wildman–Crippen MR) is 48.0 cm³/mol. The lowest BCUT2D eigenvalue weighted by molar-refractivity contribution is 0.568. The molecule has 0 fully saturated rings. The van der Waals surface area contributed by atoms with Crippen molar-refractivity contribution in [3.05, 3.63) is 33.8 Å². The van der Waals surface area contributed by atoms with Crippen LogP contribution in [-0.4, -0.2) is 0 Å². The van der Waals surface area contributed by atoms with Crippen molar-refractivity contribution in [3.63, 3.8) is 0 Å². The fraction of sp³-hybridized carbons (Fsp3) is 0.222. The molecule has 0 amide bonds. The molecule has 0 atom stereocenters. The van der Waals surface area contributed by atoms with Gasteiger partial charge in [-0.15, -0.1) is 0 Å². The number of rotatable bonds is 2. The Morgan fingerprint density at radius 1 is 1.31 bits per heavy atom. The molecule has 4 heteroatoms. The molecule has 0 saturated carbocycles. The molecule has 0 aliphatic heterocycles. The Morgan fingerprint density at radius 3 is 2.62 bits per heavy atom. The van der Waals surface area contributed by atoms with E-state index >= 15 is 0 Å². The van der Waals surface area contributed by atoms with E-state index in [-0.39, 0.29) is 10.9 Å². The summed E-state index contributed by atoms with van der Waals surface area (Å²) in [5, 5.41) is 8.28. The fourth-order valence-corrected chi connectivity index (χ4v) is 1.34. The van der Waals surface area contributed by atoms with Crippen molar-refractivity contribution in [1.82, 2.24) is 0 Å². The lowest BCUT2D eigenvalue weighted by atomic mass is 10.1. The maximum absolute atomic E-state index is 13.0. The molecule has 0 spiro atoms. The number of halogens is 3. The highest BCUT2D eigenvalue weighted by molar-refractivity contribution is 9.10. The number of aryl methyl sites for hydroxylation is 1. The molecule has 13 heavy (non-hydrogen) atoms. The first-order valence-electron chi connectivity index (χ1n) is 3.65. The van der Waals surface area contributed by atoms with Crippen LogP contribution in [0, 0.1) is 23.0 Å². The molecule has 0 aliphatic rings. The van der Waals surface area contributed by atoms with Gasteiger partial charge in [0.1, 0.15) is 11.6 Å². The predicted octanol–water partition coefficient (Wildman–Crippen LogP) is 3.18. The van der Waals surface area contributed by atoms with Gasteiger partial charge >= 0.3 is 0 Å². The van der Waals surface area contributed by atoms with Crippen LogP contribution in [0.15, 0.2) is 16.6 Å². The summed E-state index contributed by atoms with van der Waals surface area (Å²) in [6.07, 6.45) is 0.538. The second kappa shape index (κ2) is 4.33. The Bertz CT molecular complexity index is 357. The molecule has 68 valence electrons. The zero-order chi connectivity index (χ0) is 9.84. The van der Waals surface area contributed by atoms with Crippen molar-refractivity contribution in [2.24, 2.45) is 0 Å². The van der Waals surface area contributed by atoms with Crippen LogP contribution in [0.4, 0.5) is 8.78 Å². The van der Waals surface area contributed by atoms with Gasteiger partial charge in [0.15, 0.2) is 0 Å². The number of nitrogens with zero attached hydrogens (tertiary/aromatic N) is 1. The molecular formula is C9H6BrF2N. The molecule has 0 unspecified atom stereocenters. The Labute approximate surface area is 83.1 Å². The van der Waals surface area contributed by atoms with Gasteiger partial charge in [-0.2, -0.15) is 5.26 Å². The summed E-state index contributed by atoms with van der Waals surface area (Å²) in [6, 6.07) is 4.08. The molecule has 0 N–H and O–H groups in total. The third-order valence-electron chi connectivity index (χ3n) is 1.60. The van der Waals surface area contributed by atoms with Crippen molar-refractivity contribution < 1.29 is 8.78 Å². The minimum absolute atomic E-state index is 0.224. The maximum atomic E-state index is 13.0. The molecule has 1 rings (SSSR count). The minimum atomic E-state index is -0.627. The molecule has 1 aromatic carbocycles. The van der Waals surface area contributed by atoms with Crippen LogP contribution in [0.1, 0.15) is 12.0 Å². The molecular weight excluding hydrogens is 240 g/mol. The Morgan fingerprint density at radius 2 is 2.00 bits per heavy atom. The van der Waals surface area contributed by atoms with Gasteiger partial charge in [0.05, 0.1) is 10.5 Å². The smallest absolute Gasteiger partial charge is 0.140 e. The van der Waals surface area contributed by atoms with Gasteiger partial charge in [-0.25, -0.2) is 8.78 Å². The van der Waals surface area contributed by atoms with Crippen LogP contribution in [0.5, 0.6) is 0 Å². The van der Waals surface area contributed by atoms with Crippen molar-refractivity contribution in [2.75, 3.05) is 0 Å². The summed E-state index contributed by atoms with van der Waals surface area (Å²) in [7, 11) is 0. The standard InChI is InChI=1S/C9H6BrF2N/c10-7-4-6(2-1-3-13)8(11)5-9(7)12/h4-5H,1-2H2. The Balaban J connectivity index is 2.96. The van der Waals surface area contributed by atoms with Crippen molar-refractivity contribution in [1.29, 1.82) is 5.26 Å². The van der Waals surface area contributed by atoms with Gasteiger partial charge in [0.2, 0.25) is 0 Å². The Hall–Kier alpha value is -0.950. The van der Waals surface area contributed by atoms with E-state index in [1.807, 2.05) is 6.07 Å². The molecule has 0 radical (unpaired) electrons. The molecule has 1 nitrogen and oxygen atoms in total. The van der Waals surface area contributed by atoms with Crippen LogP contribution in [0.3, 0.4) is 0 Å². The van der Waals surface area contributed by atoms with Crippen molar-refractivity contribution in [3.8, 4) is 6.07 Å². The van der Waals surface area contributed by atoms with Crippen LogP contribution in [0.25, 0.3) is 0 Å². The maximum Gasteiger partial charge on any atom is 0.140 e. The lowest BCUT2D eigenvalue weighted by Crippen LogP contribution is -1.92. The van der Waals surface area contributed by atoms with E-state index < -0.39 is 11.6 Å². The second-order valence-corrected chi connectivity index (χ2v) is 3.37. The Kier molecular flexibility index (Phi) is 3.38. The van der Waals surface area contributed by atoms with Crippen LogP contribution >= 0.6 is 15.9 Å². The van der Waals surface area contributed by atoms with Gasteiger partial charge in [-0.1, -0.05) is 0 Å². The van der Waals surface area contributed by atoms with Crippen molar-refractivity contribution >= 4 is 15.9 Å². The first-order chi connectivity index (χ1) is 6.15. The van der Waals surface area contributed by atoms with Crippen LogP contribution in [0.2, 0.25) is 0 Å². The van der Waals surface area contributed by atoms with Gasteiger partial charge in [-0.3, -0.25) is 0 Å². The third kappa shape index (κ3) is 2.49. The SMILES string of the molecule is N#CCCc1cc(Br)c(F)cc1F. The second-order valence-electron chi connectivity index (χ2n) is 2.52. The molecule has 0 aliphatic carbocycles. The highest BCUT2D eigenvalue weighted by atomic mass is 79.9. The van der Waals surface area contributed by atoms with E-state index in [0.29, 0.717) is 12.0 Å². The summed E-state index contributed by atoms with van der Waals surface area (Å²) >= 11 is 2.95. The molecule has 0 bridgehead atoms. The number of hydrogen-bond acceptors (Lipinski definition) is 1. The molecule has 1 aromatic rings. The first-order valence-corrected chi connectivity index (χ1v) is 4.45. The molecule has 0 aromatic heterocycles. The van der Waals surface area contributed by atoms with Gasteiger partial charge in [0.25, 0.3) is 0 Å². The zero-order valence-electron chi connectivity index (χ0n) is 6.65. The zero-order valence-corrected chi connectivity index (χ0v) is 8.24. The summed E-state index contributed by atoms with van der Waals surface area (Å²) < 4.78 is 25.9. The van der Waals surface area contributed by atoms with Crippen LogP contribution < -0.4 is 0 Å². The lowest BCUT2D eigenvalue weighted by Gasteiger charge is -2.01. The summed E-state index contributed by atoms with van der Waals surface area (Å²) in [4.78, 5) is 0. The van der Waals surface area contributed by atoms with E-state index in [2.05, 4.69) is 15.9 Å². The molecule has 0 heterocycles. The van der Waals surface area contributed by atoms with E-state index in [4.69, 9.17) is 5.26 Å². The normalized spacial score (nSPS) is 9.69. The first kappa shape index (κ1) is 10.1. The number of benzene rings is 1. The fourth-order valence-electron chi connectivity index (χ4n) is 0.946. The van der Waals surface area contributed by atoms with Gasteiger partial charge in [0, 0.05) is 12.5 Å². The van der Waals surface area contributed by atoms with E-state index in [1.54, 1.807) is 0 Å². The van der Waals surface area contributed by atoms with E-state index in [9.17, 15) is 8.78 Å². The highest BCUT2D eigenvalue weighted by Gasteiger charge is 2.07. The summed E-state index contributed by atoms with van der Waals surface area (Å²) in [5.41, 5.74) is 0.356. The topological polar surface area (TPSA) is 23.8 Å². The van der Waals surface area contributed by atoms with Gasteiger partial charge in [-0.05, 0) is 34.0 Å². The van der Waals surface area contributed by atoms with Gasteiger partial charge < -0.3 is 0 Å². The molecule has 0 saturated heterocycles. The summed E-state index contributed by atoms with van der Waals surface area (Å²) in [6.45, 7) is 0. The van der Waals surface area contributed by atoms with E-state index in [1.165, 1.54) is 6.07 Å². The number of nitriles is 1. The highest BCUT2D eigenvalue weighted by Crippen LogP contribution is 2.20. The van der Waals surface area contributed by atoms with Crippen molar-refractivity contribution in [2.45, 2.75) is 12.8 Å². The van der Waals surface area contributed by atoms with E-state index in [0.717, 1.165) is 6.07 Å². The summed E-state index contributed by atoms with van der Waals surface area (Å²) in [5.74, 6) is -1.23. The average molecular weight is 246 g/mol. The monoisotopic (exact) mass is 245 g/mol. The minimum Gasteiger partial charge on any atom is -0.207 e.